The molecule has 8 heteroatoms. The lowest BCUT2D eigenvalue weighted by Gasteiger charge is -2.40. The van der Waals surface area contributed by atoms with E-state index in [1.165, 1.54) is 32.1 Å². The maximum atomic E-state index is 13.9. The lowest BCUT2D eigenvalue weighted by Crippen LogP contribution is -2.47. The topological polar surface area (TPSA) is 119 Å². The zero-order valence-corrected chi connectivity index (χ0v) is 25.9. The lowest BCUT2D eigenvalue weighted by molar-refractivity contribution is -0.146. The van der Waals surface area contributed by atoms with Crippen molar-refractivity contribution < 1.29 is 24.6 Å². The molecule has 5 rings (SSSR count). The van der Waals surface area contributed by atoms with Crippen molar-refractivity contribution in [2.75, 3.05) is 6.54 Å². The van der Waals surface area contributed by atoms with Crippen LogP contribution in [0.2, 0.25) is 0 Å². The number of carboxylic acid groups (broad SMARTS) is 1. The maximum Gasteiger partial charge on any atom is 0.334 e. The fourth-order valence-electron chi connectivity index (χ4n) is 7.04. The summed E-state index contributed by atoms with van der Waals surface area (Å²) in [5.74, 6) is -0.275. The molecule has 0 heterocycles. The highest BCUT2D eigenvalue weighted by Gasteiger charge is 2.33. The molecule has 2 fully saturated rings. The Balaban J connectivity index is 1.27. The quantitative estimate of drug-likeness (QED) is 0.201. The zero-order chi connectivity index (χ0) is 31.6. The molecule has 3 amide bonds. The molecule has 0 aliphatic heterocycles. The van der Waals surface area contributed by atoms with Crippen molar-refractivity contribution in [3.63, 3.8) is 0 Å². The molecule has 8 nitrogen and oxygen atoms in total. The molecule has 0 spiro atoms. The summed E-state index contributed by atoms with van der Waals surface area (Å²) in [5, 5.41) is 24.0. The van der Waals surface area contributed by atoms with Crippen LogP contribution >= 0.6 is 0 Å². The van der Waals surface area contributed by atoms with Crippen LogP contribution in [0.4, 0.5) is 4.79 Å². The van der Waals surface area contributed by atoms with E-state index in [4.69, 9.17) is 5.11 Å². The van der Waals surface area contributed by atoms with Crippen LogP contribution in [0.1, 0.15) is 79.3 Å². The summed E-state index contributed by atoms with van der Waals surface area (Å²) in [5.41, 5.74) is 4.54. The molecular weight excluding hydrogens is 566 g/mol. The highest BCUT2D eigenvalue weighted by Crippen LogP contribution is 2.39. The number of urea groups is 1. The number of hydrogen-bond acceptors (Lipinski definition) is 4. The minimum absolute atomic E-state index is 0.0940. The Morgan fingerprint density at radius 2 is 1.40 bits per heavy atom. The number of hydrogen-bond donors (Lipinski definition) is 4. The smallest absolute Gasteiger partial charge is 0.334 e. The Bertz CT molecular complexity index is 1410. The number of amides is 3. The first-order valence-corrected chi connectivity index (χ1v) is 16.3. The number of aliphatic carboxylic acids is 1. The van der Waals surface area contributed by atoms with Crippen molar-refractivity contribution >= 4 is 17.9 Å². The SMILES string of the molecule is O=C(NC[C@@H](O)C(=O)O)c1ccc(CN(C(=O)NCc2ccccc2-c2ccccc2)C2CCC(C3CCCCC3)CC2)cc1. The van der Waals surface area contributed by atoms with Gasteiger partial charge in [-0.25, -0.2) is 9.59 Å². The van der Waals surface area contributed by atoms with Gasteiger partial charge in [0, 0.05) is 24.7 Å². The first-order valence-electron chi connectivity index (χ1n) is 16.3. The van der Waals surface area contributed by atoms with Gasteiger partial charge in [-0.05, 0) is 71.9 Å². The summed E-state index contributed by atoms with van der Waals surface area (Å²) >= 11 is 0. The number of benzene rings is 3. The lowest BCUT2D eigenvalue weighted by atomic mass is 9.72. The minimum atomic E-state index is -1.66. The third-order valence-electron chi connectivity index (χ3n) is 9.60. The molecule has 2 aliphatic carbocycles. The van der Waals surface area contributed by atoms with Crippen LogP contribution < -0.4 is 10.6 Å². The molecule has 0 bridgehead atoms. The van der Waals surface area contributed by atoms with Crippen LogP contribution in [-0.4, -0.2) is 51.7 Å². The van der Waals surface area contributed by atoms with Gasteiger partial charge in [0.25, 0.3) is 5.91 Å². The first-order chi connectivity index (χ1) is 21.9. The van der Waals surface area contributed by atoms with Crippen LogP contribution in [0.15, 0.2) is 78.9 Å². The molecule has 45 heavy (non-hydrogen) atoms. The number of aliphatic hydroxyl groups excluding tert-OH is 1. The van der Waals surface area contributed by atoms with Gasteiger partial charge < -0.3 is 25.7 Å². The second kappa shape index (κ2) is 15.7. The number of carboxylic acids is 1. The maximum absolute atomic E-state index is 13.9. The van der Waals surface area contributed by atoms with E-state index in [0.29, 0.717) is 18.7 Å². The summed E-state index contributed by atoms with van der Waals surface area (Å²) in [7, 11) is 0. The van der Waals surface area contributed by atoms with E-state index in [0.717, 1.165) is 59.8 Å². The van der Waals surface area contributed by atoms with Crippen LogP contribution in [0.25, 0.3) is 11.1 Å². The van der Waals surface area contributed by atoms with Crippen molar-refractivity contribution in [3.05, 3.63) is 95.6 Å². The van der Waals surface area contributed by atoms with Crippen LogP contribution in [0, 0.1) is 11.8 Å². The highest BCUT2D eigenvalue weighted by atomic mass is 16.4. The number of nitrogens with one attached hydrogen (secondary N) is 2. The fraction of sp³-hybridized carbons (Fsp3) is 0.432. The summed E-state index contributed by atoms with van der Waals surface area (Å²) in [6.45, 7) is 0.463. The molecule has 0 radical (unpaired) electrons. The van der Waals surface area contributed by atoms with Gasteiger partial charge >= 0.3 is 12.0 Å². The average molecular weight is 612 g/mol. The van der Waals surface area contributed by atoms with E-state index >= 15 is 0 Å². The van der Waals surface area contributed by atoms with Gasteiger partial charge in [-0.3, -0.25) is 4.79 Å². The third-order valence-corrected chi connectivity index (χ3v) is 9.60. The van der Waals surface area contributed by atoms with Crippen molar-refractivity contribution in [1.29, 1.82) is 0 Å². The van der Waals surface area contributed by atoms with Crippen molar-refractivity contribution in [1.82, 2.24) is 15.5 Å². The fourth-order valence-corrected chi connectivity index (χ4v) is 7.04. The largest absolute Gasteiger partial charge is 0.479 e. The van der Waals surface area contributed by atoms with Crippen molar-refractivity contribution in [2.24, 2.45) is 11.8 Å². The number of carbonyl (C=O) groups excluding carboxylic acids is 2. The molecule has 4 N–H and O–H groups in total. The second-order valence-corrected chi connectivity index (χ2v) is 12.5. The highest BCUT2D eigenvalue weighted by molar-refractivity contribution is 5.94. The Labute approximate surface area is 265 Å². The molecule has 0 saturated heterocycles. The van der Waals surface area contributed by atoms with Gasteiger partial charge in [0.05, 0.1) is 6.54 Å². The monoisotopic (exact) mass is 611 g/mol. The first kappa shape index (κ1) is 32.2. The zero-order valence-electron chi connectivity index (χ0n) is 25.9. The molecule has 2 saturated carbocycles. The van der Waals surface area contributed by atoms with Crippen LogP contribution in [-0.2, 0) is 17.9 Å². The molecule has 0 unspecified atom stereocenters. The van der Waals surface area contributed by atoms with Crippen molar-refractivity contribution in [3.8, 4) is 11.1 Å². The number of nitrogens with zero attached hydrogens (tertiary/aromatic N) is 1. The van der Waals surface area contributed by atoms with Gasteiger partial charge in [-0.2, -0.15) is 0 Å². The van der Waals surface area contributed by atoms with E-state index in [1.54, 1.807) is 12.1 Å². The van der Waals surface area contributed by atoms with Gasteiger partial charge in [-0.15, -0.1) is 0 Å². The molecular formula is C37H45N3O5. The Morgan fingerprint density at radius 1 is 0.756 bits per heavy atom. The van der Waals surface area contributed by atoms with E-state index in [1.807, 2.05) is 47.4 Å². The number of aliphatic hydroxyl groups is 1. The van der Waals surface area contributed by atoms with E-state index in [-0.39, 0.29) is 18.6 Å². The molecule has 1 atom stereocenters. The predicted octanol–water partition coefficient (Wildman–Crippen LogP) is 6.38. The van der Waals surface area contributed by atoms with E-state index in [9.17, 15) is 19.5 Å². The third kappa shape index (κ3) is 8.72. The normalized spacial score (nSPS) is 19.3. The number of carbonyl (C=O) groups is 3. The van der Waals surface area contributed by atoms with Crippen LogP contribution in [0.3, 0.4) is 0 Å². The summed E-state index contributed by atoms with van der Waals surface area (Å²) < 4.78 is 0. The van der Waals surface area contributed by atoms with Gasteiger partial charge in [0.1, 0.15) is 0 Å². The summed E-state index contributed by atoms with van der Waals surface area (Å²) in [6.07, 6.45) is 9.35. The summed E-state index contributed by atoms with van der Waals surface area (Å²) in [4.78, 5) is 39.2. The second-order valence-electron chi connectivity index (χ2n) is 12.5. The summed E-state index contributed by atoms with van der Waals surface area (Å²) in [6, 6.07) is 25.4. The molecule has 238 valence electrons. The molecule has 0 aromatic heterocycles. The molecule has 3 aromatic rings. The molecule has 2 aliphatic rings. The van der Waals surface area contributed by atoms with Crippen LogP contribution in [0.5, 0.6) is 0 Å². The van der Waals surface area contributed by atoms with E-state index in [2.05, 4.69) is 34.9 Å². The average Bonchev–Trinajstić information content (AvgIpc) is 3.09. The van der Waals surface area contributed by atoms with E-state index < -0.39 is 18.0 Å². The molecule has 3 aromatic carbocycles. The van der Waals surface area contributed by atoms with Crippen molar-refractivity contribution in [2.45, 2.75) is 83.0 Å². The Morgan fingerprint density at radius 3 is 2.09 bits per heavy atom. The standard InChI is InChI=1S/C37H45N3O5/c41-34(36(43)44)24-38-35(42)30-17-15-26(16-18-30)25-40(32-21-19-28(20-22-32)27-9-3-1-4-10-27)37(45)39-23-31-13-7-8-14-33(31)29-11-5-2-6-12-29/h2,5-8,11-18,27-28,32,34,41H,1,3-4,9-10,19-25H2,(H,38,42)(H,39,45)(H,43,44)/t28?,32?,34-/m1/s1. The van der Waals surface area contributed by atoms with Gasteiger partial charge in [-0.1, -0.05) is 98.8 Å². The Kier molecular flexibility index (Phi) is 11.3. The van der Waals surface area contributed by atoms with Gasteiger partial charge in [0.2, 0.25) is 0 Å². The minimum Gasteiger partial charge on any atom is -0.479 e. The predicted molar refractivity (Wildman–Crippen MR) is 174 cm³/mol. The number of rotatable bonds is 11. The van der Waals surface area contributed by atoms with Gasteiger partial charge in [0.15, 0.2) is 6.10 Å². The Hall–Kier alpha value is -4.17.